The first-order valence-corrected chi connectivity index (χ1v) is 8.52. The number of aryl methyl sites for hydroxylation is 1. The molecule has 0 radical (unpaired) electrons. The normalized spacial score (nSPS) is 19.2. The first-order valence-electron chi connectivity index (χ1n) is 8.52. The van der Waals surface area contributed by atoms with E-state index < -0.39 is 0 Å². The van der Waals surface area contributed by atoms with Gasteiger partial charge in [-0.3, -0.25) is 0 Å². The Morgan fingerprint density at radius 3 is 2.52 bits per heavy atom. The Bertz CT molecular complexity index is 529. The summed E-state index contributed by atoms with van der Waals surface area (Å²) in [7, 11) is 1.41. The SMILES string of the molecule is CC.COC(=O)c1ccc(C)nc1N1CCC2(CCOC2)CC1. The average molecular weight is 320 g/mol. The minimum absolute atomic E-state index is 0.318. The van der Waals surface area contributed by atoms with Gasteiger partial charge in [0.1, 0.15) is 11.4 Å². The molecular weight excluding hydrogens is 292 g/mol. The first kappa shape index (κ1) is 17.7. The van der Waals surface area contributed by atoms with Gasteiger partial charge in [-0.25, -0.2) is 9.78 Å². The summed E-state index contributed by atoms with van der Waals surface area (Å²) in [4.78, 5) is 18.7. The van der Waals surface area contributed by atoms with Gasteiger partial charge in [-0.2, -0.15) is 0 Å². The van der Waals surface area contributed by atoms with Crippen LogP contribution >= 0.6 is 0 Å². The minimum Gasteiger partial charge on any atom is -0.465 e. The number of piperidine rings is 1. The van der Waals surface area contributed by atoms with Crippen LogP contribution in [0.4, 0.5) is 5.82 Å². The van der Waals surface area contributed by atoms with Crippen LogP contribution in [0.15, 0.2) is 12.1 Å². The molecule has 0 bridgehead atoms. The average Bonchev–Trinajstić information content (AvgIpc) is 3.05. The van der Waals surface area contributed by atoms with E-state index in [1.807, 2.05) is 32.9 Å². The third-order valence-electron chi connectivity index (χ3n) is 4.73. The summed E-state index contributed by atoms with van der Waals surface area (Å²) in [6.45, 7) is 9.55. The predicted octanol–water partition coefficient (Wildman–Crippen LogP) is 3.21. The number of methoxy groups -OCH3 is 1. The van der Waals surface area contributed by atoms with E-state index in [-0.39, 0.29) is 5.97 Å². The zero-order valence-electron chi connectivity index (χ0n) is 14.7. The summed E-state index contributed by atoms with van der Waals surface area (Å²) in [5.41, 5.74) is 1.83. The van der Waals surface area contributed by atoms with Crippen molar-refractivity contribution >= 4 is 11.8 Å². The molecule has 2 aliphatic rings. The van der Waals surface area contributed by atoms with Gasteiger partial charge in [-0.15, -0.1) is 0 Å². The van der Waals surface area contributed by atoms with Crippen LogP contribution in [0.2, 0.25) is 0 Å². The van der Waals surface area contributed by atoms with Gasteiger partial charge in [0.2, 0.25) is 0 Å². The summed E-state index contributed by atoms with van der Waals surface area (Å²) >= 11 is 0. The molecule has 0 amide bonds. The van der Waals surface area contributed by atoms with Gasteiger partial charge in [0.05, 0.1) is 13.7 Å². The highest BCUT2D eigenvalue weighted by atomic mass is 16.5. The quantitative estimate of drug-likeness (QED) is 0.783. The van der Waals surface area contributed by atoms with Crippen molar-refractivity contribution in [2.45, 2.75) is 40.0 Å². The first-order chi connectivity index (χ1) is 11.1. The molecule has 23 heavy (non-hydrogen) atoms. The second kappa shape index (κ2) is 7.77. The van der Waals surface area contributed by atoms with Crippen LogP contribution < -0.4 is 4.90 Å². The fourth-order valence-electron chi connectivity index (χ4n) is 3.29. The lowest BCUT2D eigenvalue weighted by molar-refractivity contribution is 0.0600. The van der Waals surface area contributed by atoms with E-state index >= 15 is 0 Å². The van der Waals surface area contributed by atoms with Crippen LogP contribution in [0.25, 0.3) is 0 Å². The zero-order valence-corrected chi connectivity index (χ0v) is 14.7. The van der Waals surface area contributed by atoms with Crippen molar-refractivity contribution < 1.29 is 14.3 Å². The summed E-state index contributed by atoms with van der Waals surface area (Å²) in [6, 6.07) is 3.67. The van der Waals surface area contributed by atoms with Gasteiger partial charge in [0.25, 0.3) is 0 Å². The van der Waals surface area contributed by atoms with Gasteiger partial charge < -0.3 is 14.4 Å². The van der Waals surface area contributed by atoms with E-state index in [0.717, 1.165) is 57.1 Å². The summed E-state index contributed by atoms with van der Waals surface area (Å²) < 4.78 is 10.4. The number of nitrogens with zero attached hydrogens (tertiary/aromatic N) is 2. The number of pyridine rings is 1. The number of aromatic nitrogens is 1. The van der Waals surface area contributed by atoms with Crippen molar-refractivity contribution in [3.8, 4) is 0 Å². The minimum atomic E-state index is -0.318. The molecule has 2 fully saturated rings. The van der Waals surface area contributed by atoms with E-state index in [1.54, 1.807) is 0 Å². The van der Waals surface area contributed by atoms with Gasteiger partial charge in [0.15, 0.2) is 0 Å². The van der Waals surface area contributed by atoms with Crippen molar-refractivity contribution in [2.24, 2.45) is 5.41 Å². The molecule has 0 unspecified atom stereocenters. The van der Waals surface area contributed by atoms with Crippen molar-refractivity contribution in [2.75, 3.05) is 38.3 Å². The van der Waals surface area contributed by atoms with E-state index in [9.17, 15) is 4.79 Å². The fourth-order valence-corrected chi connectivity index (χ4v) is 3.29. The monoisotopic (exact) mass is 320 g/mol. The number of rotatable bonds is 2. The van der Waals surface area contributed by atoms with Gasteiger partial charge >= 0.3 is 5.97 Å². The van der Waals surface area contributed by atoms with E-state index in [2.05, 4.69) is 9.88 Å². The molecule has 1 aromatic heterocycles. The van der Waals surface area contributed by atoms with E-state index in [1.165, 1.54) is 7.11 Å². The highest BCUT2D eigenvalue weighted by Gasteiger charge is 2.38. The largest absolute Gasteiger partial charge is 0.465 e. The second-order valence-electron chi connectivity index (χ2n) is 6.11. The number of anilines is 1. The number of ether oxygens (including phenoxy) is 2. The molecule has 0 aliphatic carbocycles. The molecule has 0 saturated carbocycles. The molecule has 1 aromatic rings. The Morgan fingerprint density at radius 1 is 1.26 bits per heavy atom. The molecule has 2 saturated heterocycles. The number of carbonyl (C=O) groups is 1. The third kappa shape index (κ3) is 3.83. The number of carbonyl (C=O) groups excluding carboxylic acids is 1. The Balaban J connectivity index is 0.000000924. The van der Waals surface area contributed by atoms with Crippen molar-refractivity contribution in [3.63, 3.8) is 0 Å². The Hall–Kier alpha value is -1.62. The molecular formula is C18H28N2O3. The Labute approximate surface area is 139 Å². The molecule has 1 spiro atoms. The molecule has 128 valence electrons. The lowest BCUT2D eigenvalue weighted by Crippen LogP contribution is -2.41. The van der Waals surface area contributed by atoms with Crippen LogP contribution in [0.3, 0.4) is 0 Å². The van der Waals surface area contributed by atoms with Crippen molar-refractivity contribution in [1.29, 1.82) is 0 Å². The third-order valence-corrected chi connectivity index (χ3v) is 4.73. The number of hydrogen-bond donors (Lipinski definition) is 0. The maximum atomic E-state index is 11.9. The van der Waals surface area contributed by atoms with Crippen LogP contribution in [0, 0.1) is 12.3 Å². The highest BCUT2D eigenvalue weighted by Crippen LogP contribution is 2.40. The summed E-state index contributed by atoms with van der Waals surface area (Å²) in [5, 5.41) is 0. The molecule has 2 aliphatic heterocycles. The Morgan fingerprint density at radius 2 is 1.96 bits per heavy atom. The predicted molar refractivity (Wildman–Crippen MR) is 91.0 cm³/mol. The maximum Gasteiger partial charge on any atom is 0.341 e. The maximum absolute atomic E-state index is 11.9. The second-order valence-corrected chi connectivity index (χ2v) is 6.11. The van der Waals surface area contributed by atoms with Crippen LogP contribution in [-0.2, 0) is 9.47 Å². The smallest absolute Gasteiger partial charge is 0.341 e. The van der Waals surface area contributed by atoms with Crippen LogP contribution in [-0.4, -0.2) is 44.4 Å². The summed E-state index contributed by atoms with van der Waals surface area (Å²) in [6.07, 6.45) is 3.36. The lowest BCUT2D eigenvalue weighted by Gasteiger charge is -2.39. The van der Waals surface area contributed by atoms with E-state index in [0.29, 0.717) is 11.0 Å². The van der Waals surface area contributed by atoms with Gasteiger partial charge in [-0.05, 0) is 43.7 Å². The highest BCUT2D eigenvalue weighted by molar-refractivity contribution is 5.94. The topological polar surface area (TPSA) is 51.7 Å². The molecule has 5 heteroatoms. The van der Waals surface area contributed by atoms with Crippen molar-refractivity contribution in [1.82, 2.24) is 4.98 Å². The zero-order chi connectivity index (χ0) is 16.9. The van der Waals surface area contributed by atoms with Crippen LogP contribution in [0.5, 0.6) is 0 Å². The molecule has 5 nitrogen and oxygen atoms in total. The van der Waals surface area contributed by atoms with Crippen molar-refractivity contribution in [3.05, 3.63) is 23.4 Å². The fraction of sp³-hybridized carbons (Fsp3) is 0.667. The lowest BCUT2D eigenvalue weighted by atomic mass is 9.78. The van der Waals surface area contributed by atoms with Gasteiger partial charge in [-0.1, -0.05) is 13.8 Å². The van der Waals surface area contributed by atoms with Gasteiger partial charge in [0, 0.05) is 25.4 Å². The molecule has 0 N–H and O–H groups in total. The number of esters is 1. The molecule has 3 rings (SSSR count). The number of hydrogen-bond acceptors (Lipinski definition) is 5. The Kier molecular flexibility index (Phi) is 5.99. The molecule has 0 aromatic carbocycles. The summed E-state index contributed by atoms with van der Waals surface area (Å²) in [5.74, 6) is 0.442. The van der Waals surface area contributed by atoms with Crippen LogP contribution in [0.1, 0.15) is 49.2 Å². The standard InChI is InChI=1S/C16H22N2O3.C2H6/c1-12-3-4-13(15(19)20-2)14(17-12)18-8-5-16(6-9-18)7-10-21-11-16;1-2/h3-4H,5-11H2,1-2H3;1-2H3. The molecule has 0 atom stereocenters. The molecule has 3 heterocycles. The van der Waals surface area contributed by atoms with E-state index in [4.69, 9.17) is 9.47 Å².